The number of hydrogen-bond acceptors (Lipinski definition) is 10. The predicted octanol–water partition coefficient (Wildman–Crippen LogP) is 7.08. The Labute approximate surface area is 255 Å². The smallest absolute Gasteiger partial charge is 0.296 e. The summed E-state index contributed by atoms with van der Waals surface area (Å²) < 4.78 is 17.7. The Kier molecular flexibility index (Phi) is 7.92. The number of carbonyl (C=O) groups excluding carboxylic acids is 2. The van der Waals surface area contributed by atoms with Gasteiger partial charge in [0.2, 0.25) is 10.9 Å². The first-order valence-electron chi connectivity index (χ1n) is 13.5. The zero-order chi connectivity index (χ0) is 30.1. The molecule has 11 heteroatoms. The van der Waals surface area contributed by atoms with Crippen molar-refractivity contribution in [2.24, 2.45) is 0 Å². The molecule has 0 unspecified atom stereocenters. The van der Waals surface area contributed by atoms with Gasteiger partial charge in [0.15, 0.2) is 27.4 Å². The molecular weight excluding hydrogens is 587 g/mol. The molecule has 3 aromatic carbocycles. The molecule has 0 saturated heterocycles. The summed E-state index contributed by atoms with van der Waals surface area (Å²) in [7, 11) is 1.51. The van der Waals surface area contributed by atoms with Crippen LogP contribution in [0.5, 0.6) is 11.5 Å². The van der Waals surface area contributed by atoms with Crippen molar-refractivity contribution in [2.75, 3.05) is 18.6 Å². The number of aliphatic hydroxyl groups is 1. The number of ether oxygens (including phenoxy) is 2. The Morgan fingerprint density at radius 3 is 2.60 bits per heavy atom. The largest absolute Gasteiger partial charge is 0.503 e. The number of benzene rings is 3. The van der Waals surface area contributed by atoms with Crippen LogP contribution in [0.3, 0.4) is 0 Å². The summed E-state index contributed by atoms with van der Waals surface area (Å²) in [6.45, 7) is 4.32. The van der Waals surface area contributed by atoms with Gasteiger partial charge in [0.25, 0.3) is 5.91 Å². The van der Waals surface area contributed by atoms with Crippen molar-refractivity contribution >= 4 is 50.9 Å². The van der Waals surface area contributed by atoms with E-state index in [1.165, 1.54) is 40.7 Å². The second-order valence-corrected chi connectivity index (χ2v) is 12.0. The van der Waals surface area contributed by atoms with Gasteiger partial charge in [0.1, 0.15) is 5.58 Å². The standard InChI is InChI=1S/C32H27N3O6S2/c1-4-40-23-14-13-21(16-24(23)39-3)27-26(28(36)25-15-20-7-5-6-8-22(20)41-25)29(37)30(38)35(27)31-33-34-32(43-31)42-17-19-11-9-18(2)10-12-19/h5-16,27,37H,4,17H2,1-3H3/t27-/m0/s1. The van der Waals surface area contributed by atoms with E-state index in [4.69, 9.17) is 13.9 Å². The van der Waals surface area contributed by atoms with E-state index in [1.54, 1.807) is 36.4 Å². The van der Waals surface area contributed by atoms with Crippen molar-refractivity contribution in [1.29, 1.82) is 0 Å². The highest BCUT2D eigenvalue weighted by Crippen LogP contribution is 2.45. The summed E-state index contributed by atoms with van der Waals surface area (Å²) >= 11 is 2.70. The first-order valence-corrected chi connectivity index (χ1v) is 15.3. The maximum atomic E-state index is 14.0. The van der Waals surface area contributed by atoms with Gasteiger partial charge in [-0.3, -0.25) is 14.5 Å². The minimum atomic E-state index is -1.03. The number of fused-ring (bicyclic) bond motifs is 1. The van der Waals surface area contributed by atoms with Gasteiger partial charge in [0, 0.05) is 11.1 Å². The molecule has 9 nitrogen and oxygen atoms in total. The average molecular weight is 614 g/mol. The van der Waals surface area contributed by atoms with E-state index in [0.29, 0.717) is 39.3 Å². The van der Waals surface area contributed by atoms with Crippen LogP contribution in [-0.4, -0.2) is 40.7 Å². The molecule has 1 atom stereocenters. The number of furan rings is 1. The monoisotopic (exact) mass is 613 g/mol. The van der Waals surface area contributed by atoms with Crippen LogP contribution in [0.1, 0.15) is 40.2 Å². The summed E-state index contributed by atoms with van der Waals surface area (Å²) in [5.74, 6) is -0.445. The fourth-order valence-corrected chi connectivity index (χ4v) is 6.72. The van der Waals surface area contributed by atoms with Crippen LogP contribution >= 0.6 is 23.1 Å². The maximum absolute atomic E-state index is 14.0. The number of ketones is 1. The Morgan fingerprint density at radius 1 is 1.07 bits per heavy atom. The van der Waals surface area contributed by atoms with Gasteiger partial charge in [-0.15, -0.1) is 10.2 Å². The first kappa shape index (κ1) is 28.5. The Hall–Kier alpha value is -4.61. The number of carbonyl (C=O) groups is 2. The summed E-state index contributed by atoms with van der Waals surface area (Å²) in [4.78, 5) is 28.9. The lowest BCUT2D eigenvalue weighted by Crippen LogP contribution is -2.31. The van der Waals surface area contributed by atoms with E-state index in [0.717, 1.165) is 10.9 Å². The van der Waals surface area contributed by atoms with Crippen molar-refractivity contribution < 1.29 is 28.6 Å². The molecule has 0 radical (unpaired) electrons. The fourth-order valence-electron chi connectivity index (χ4n) is 4.89. The Morgan fingerprint density at radius 2 is 1.86 bits per heavy atom. The molecule has 0 aliphatic carbocycles. The molecular formula is C32H27N3O6S2. The SMILES string of the molecule is CCOc1ccc([C@H]2C(C(=O)c3cc4ccccc4o3)=C(O)C(=O)N2c2nnc(SCc3ccc(C)cc3)s2)cc1OC. The number of aliphatic hydroxyl groups excluding tert-OH is 1. The van der Waals surface area contributed by atoms with Crippen LogP contribution in [-0.2, 0) is 10.5 Å². The highest BCUT2D eigenvalue weighted by Gasteiger charge is 2.47. The molecule has 0 bridgehead atoms. The molecule has 218 valence electrons. The lowest BCUT2D eigenvalue weighted by atomic mass is 9.95. The van der Waals surface area contributed by atoms with E-state index >= 15 is 0 Å². The molecule has 1 aliphatic rings. The number of aromatic nitrogens is 2. The normalized spacial score (nSPS) is 15.0. The quantitative estimate of drug-likeness (QED) is 0.100. The lowest BCUT2D eigenvalue weighted by molar-refractivity contribution is -0.117. The van der Waals surface area contributed by atoms with Gasteiger partial charge in [-0.25, -0.2) is 0 Å². The molecule has 0 spiro atoms. The molecule has 1 amide bonds. The van der Waals surface area contributed by atoms with Gasteiger partial charge < -0.3 is 19.0 Å². The van der Waals surface area contributed by atoms with Crippen molar-refractivity contribution in [3.63, 3.8) is 0 Å². The highest BCUT2D eigenvalue weighted by atomic mass is 32.2. The lowest BCUT2D eigenvalue weighted by Gasteiger charge is -2.24. The van der Waals surface area contributed by atoms with Crippen LogP contribution in [0.4, 0.5) is 5.13 Å². The van der Waals surface area contributed by atoms with Gasteiger partial charge in [-0.05, 0) is 49.2 Å². The molecule has 3 heterocycles. The first-order chi connectivity index (χ1) is 20.9. The van der Waals surface area contributed by atoms with Gasteiger partial charge in [-0.2, -0.15) is 0 Å². The van der Waals surface area contributed by atoms with Crippen molar-refractivity contribution in [2.45, 2.75) is 30.0 Å². The highest BCUT2D eigenvalue weighted by molar-refractivity contribution is 8.00. The average Bonchev–Trinajstić information content (AvgIpc) is 3.73. The number of aryl methyl sites for hydroxylation is 1. The summed E-state index contributed by atoms with van der Waals surface area (Å²) in [6.07, 6.45) is 0. The third-order valence-corrected chi connectivity index (χ3v) is 9.12. The number of thioether (sulfide) groups is 1. The third kappa shape index (κ3) is 5.49. The van der Waals surface area contributed by atoms with Crippen LogP contribution in [0.15, 0.2) is 92.9 Å². The van der Waals surface area contributed by atoms with Gasteiger partial charge in [0.05, 0.1) is 25.3 Å². The van der Waals surface area contributed by atoms with Gasteiger partial charge in [-0.1, -0.05) is 77.2 Å². The molecule has 43 heavy (non-hydrogen) atoms. The van der Waals surface area contributed by atoms with Gasteiger partial charge >= 0.3 is 0 Å². The minimum Gasteiger partial charge on any atom is -0.503 e. The summed E-state index contributed by atoms with van der Waals surface area (Å²) in [5.41, 5.74) is 3.21. The molecule has 0 saturated carbocycles. The van der Waals surface area contributed by atoms with E-state index in [-0.39, 0.29) is 16.5 Å². The zero-order valence-electron chi connectivity index (χ0n) is 23.6. The minimum absolute atomic E-state index is 0.00640. The van der Waals surface area contributed by atoms with E-state index in [1.807, 2.05) is 26.0 Å². The zero-order valence-corrected chi connectivity index (χ0v) is 25.2. The second-order valence-electron chi connectivity index (χ2n) is 9.79. The number of methoxy groups -OCH3 is 1. The Balaban J connectivity index is 1.39. The van der Waals surface area contributed by atoms with E-state index < -0.39 is 23.5 Å². The Bertz CT molecular complexity index is 1830. The number of Topliss-reactive ketones (excluding diaryl/α,β-unsaturated/α-hetero) is 1. The van der Waals surface area contributed by atoms with Crippen LogP contribution < -0.4 is 14.4 Å². The predicted molar refractivity (Wildman–Crippen MR) is 165 cm³/mol. The van der Waals surface area contributed by atoms with Crippen LogP contribution in [0, 0.1) is 6.92 Å². The molecule has 6 rings (SSSR count). The van der Waals surface area contributed by atoms with Crippen molar-refractivity contribution in [3.05, 3.63) is 107 Å². The number of anilines is 1. The van der Waals surface area contributed by atoms with Crippen LogP contribution in [0.2, 0.25) is 0 Å². The maximum Gasteiger partial charge on any atom is 0.296 e. The summed E-state index contributed by atoms with van der Waals surface area (Å²) in [5, 5.41) is 20.8. The number of hydrogen-bond donors (Lipinski definition) is 1. The van der Waals surface area contributed by atoms with E-state index in [2.05, 4.69) is 34.5 Å². The number of para-hydroxylation sites is 1. The fraction of sp³-hybridized carbons (Fsp3) is 0.188. The molecule has 1 aliphatic heterocycles. The summed E-state index contributed by atoms with van der Waals surface area (Å²) in [6, 6.07) is 21.1. The van der Waals surface area contributed by atoms with E-state index in [9.17, 15) is 14.7 Å². The molecule has 2 aromatic heterocycles. The van der Waals surface area contributed by atoms with Crippen molar-refractivity contribution in [3.8, 4) is 11.5 Å². The number of nitrogens with zero attached hydrogens (tertiary/aromatic N) is 3. The second kappa shape index (κ2) is 11.9. The van der Waals surface area contributed by atoms with Crippen molar-refractivity contribution in [1.82, 2.24) is 10.2 Å². The van der Waals surface area contributed by atoms with Crippen LogP contribution in [0.25, 0.3) is 11.0 Å². The molecule has 5 aromatic rings. The number of amides is 1. The topological polar surface area (TPSA) is 115 Å². The molecule has 0 fully saturated rings. The number of rotatable bonds is 10. The molecule has 1 N–H and O–H groups in total. The third-order valence-electron chi connectivity index (χ3n) is 6.99.